The highest BCUT2D eigenvalue weighted by Crippen LogP contribution is 2.12. The molecule has 0 aliphatic rings. The standard InChI is InChI=1S/C14H16N2O2/c1-11-5-2-3-7-13(11)15-10-14(17)16-9-12-6-4-8-18-12/h2-8,15H,9-10H2,1H3,(H,16,17). The van der Waals surface area contributed by atoms with Gasteiger partial charge in [-0.05, 0) is 30.7 Å². The van der Waals surface area contributed by atoms with Gasteiger partial charge in [0, 0.05) is 5.69 Å². The monoisotopic (exact) mass is 244 g/mol. The maximum atomic E-state index is 11.6. The van der Waals surface area contributed by atoms with E-state index in [-0.39, 0.29) is 12.5 Å². The third-order valence-corrected chi connectivity index (χ3v) is 2.62. The zero-order chi connectivity index (χ0) is 12.8. The van der Waals surface area contributed by atoms with Gasteiger partial charge in [0.1, 0.15) is 5.76 Å². The van der Waals surface area contributed by atoms with Gasteiger partial charge >= 0.3 is 0 Å². The third-order valence-electron chi connectivity index (χ3n) is 2.62. The molecule has 18 heavy (non-hydrogen) atoms. The molecule has 0 aliphatic carbocycles. The number of nitrogens with one attached hydrogen (secondary N) is 2. The maximum Gasteiger partial charge on any atom is 0.239 e. The second-order valence-electron chi connectivity index (χ2n) is 4.02. The topological polar surface area (TPSA) is 54.3 Å². The first kappa shape index (κ1) is 12.2. The molecule has 1 aromatic heterocycles. The fraction of sp³-hybridized carbons (Fsp3) is 0.214. The summed E-state index contributed by atoms with van der Waals surface area (Å²) in [6, 6.07) is 11.5. The summed E-state index contributed by atoms with van der Waals surface area (Å²) < 4.78 is 5.13. The first-order valence-electron chi connectivity index (χ1n) is 5.84. The molecule has 0 spiro atoms. The molecular formula is C14H16N2O2. The Bertz CT molecular complexity index is 506. The molecule has 0 radical (unpaired) electrons. The Hall–Kier alpha value is -2.23. The summed E-state index contributed by atoms with van der Waals surface area (Å²) in [5, 5.41) is 5.88. The largest absolute Gasteiger partial charge is 0.467 e. The molecule has 94 valence electrons. The van der Waals surface area contributed by atoms with E-state index in [0.29, 0.717) is 6.54 Å². The second-order valence-corrected chi connectivity index (χ2v) is 4.02. The lowest BCUT2D eigenvalue weighted by Crippen LogP contribution is -2.29. The van der Waals surface area contributed by atoms with E-state index in [0.717, 1.165) is 17.0 Å². The van der Waals surface area contributed by atoms with Gasteiger partial charge in [0.2, 0.25) is 5.91 Å². The Balaban J connectivity index is 1.77. The van der Waals surface area contributed by atoms with Crippen LogP contribution in [0.5, 0.6) is 0 Å². The molecule has 1 heterocycles. The number of amides is 1. The van der Waals surface area contributed by atoms with Crippen LogP contribution in [0.2, 0.25) is 0 Å². The number of para-hydroxylation sites is 1. The number of carbonyl (C=O) groups is 1. The normalized spacial score (nSPS) is 10.1. The number of benzene rings is 1. The van der Waals surface area contributed by atoms with Crippen LogP contribution in [0.15, 0.2) is 47.1 Å². The van der Waals surface area contributed by atoms with Crippen LogP contribution in [0.1, 0.15) is 11.3 Å². The van der Waals surface area contributed by atoms with Gasteiger partial charge in [-0.1, -0.05) is 18.2 Å². The summed E-state index contributed by atoms with van der Waals surface area (Å²) in [5.74, 6) is 0.689. The van der Waals surface area contributed by atoms with Gasteiger partial charge in [0.15, 0.2) is 0 Å². The molecule has 0 fully saturated rings. The average Bonchev–Trinajstić information content (AvgIpc) is 2.88. The van der Waals surface area contributed by atoms with Crippen molar-refractivity contribution in [2.24, 2.45) is 0 Å². The number of hydrogen-bond acceptors (Lipinski definition) is 3. The van der Waals surface area contributed by atoms with E-state index in [1.54, 1.807) is 12.3 Å². The van der Waals surface area contributed by atoms with Crippen LogP contribution in [-0.4, -0.2) is 12.5 Å². The SMILES string of the molecule is Cc1ccccc1NCC(=O)NCc1ccco1. The highest BCUT2D eigenvalue weighted by molar-refractivity contribution is 5.80. The van der Waals surface area contributed by atoms with Crippen LogP contribution in [0, 0.1) is 6.92 Å². The molecule has 2 aromatic rings. The van der Waals surface area contributed by atoms with E-state index in [4.69, 9.17) is 4.42 Å². The molecule has 0 atom stereocenters. The predicted molar refractivity (Wildman–Crippen MR) is 70.2 cm³/mol. The van der Waals surface area contributed by atoms with Crippen LogP contribution >= 0.6 is 0 Å². The molecule has 0 saturated heterocycles. The van der Waals surface area contributed by atoms with Crippen molar-refractivity contribution < 1.29 is 9.21 Å². The van der Waals surface area contributed by atoms with Crippen molar-refractivity contribution in [3.05, 3.63) is 54.0 Å². The minimum Gasteiger partial charge on any atom is -0.467 e. The van der Waals surface area contributed by atoms with Crippen molar-refractivity contribution in [2.75, 3.05) is 11.9 Å². The molecular weight excluding hydrogens is 228 g/mol. The van der Waals surface area contributed by atoms with Gasteiger partial charge in [-0.3, -0.25) is 4.79 Å². The van der Waals surface area contributed by atoms with E-state index >= 15 is 0 Å². The van der Waals surface area contributed by atoms with Crippen LogP contribution in [0.3, 0.4) is 0 Å². The number of rotatable bonds is 5. The average molecular weight is 244 g/mol. The highest BCUT2D eigenvalue weighted by atomic mass is 16.3. The zero-order valence-electron chi connectivity index (χ0n) is 10.3. The molecule has 2 rings (SSSR count). The number of furan rings is 1. The zero-order valence-corrected chi connectivity index (χ0v) is 10.3. The van der Waals surface area contributed by atoms with Crippen LogP contribution in [0.25, 0.3) is 0 Å². The van der Waals surface area contributed by atoms with Crippen molar-refractivity contribution in [2.45, 2.75) is 13.5 Å². The number of aryl methyl sites for hydroxylation is 1. The molecule has 0 saturated carbocycles. The summed E-state index contributed by atoms with van der Waals surface area (Å²) >= 11 is 0. The molecule has 0 aliphatic heterocycles. The van der Waals surface area contributed by atoms with Crippen LogP contribution in [0.4, 0.5) is 5.69 Å². The predicted octanol–water partition coefficient (Wildman–Crippen LogP) is 2.32. The highest BCUT2D eigenvalue weighted by Gasteiger charge is 2.03. The quantitative estimate of drug-likeness (QED) is 0.848. The lowest BCUT2D eigenvalue weighted by atomic mass is 10.2. The fourth-order valence-electron chi connectivity index (χ4n) is 1.61. The summed E-state index contributed by atoms with van der Waals surface area (Å²) in [6.45, 7) is 2.68. The molecule has 1 amide bonds. The number of carbonyl (C=O) groups excluding carboxylic acids is 1. The molecule has 4 nitrogen and oxygen atoms in total. The van der Waals surface area contributed by atoms with Crippen LogP contribution in [-0.2, 0) is 11.3 Å². The lowest BCUT2D eigenvalue weighted by Gasteiger charge is -2.09. The van der Waals surface area contributed by atoms with Gasteiger partial charge in [-0.25, -0.2) is 0 Å². The van der Waals surface area contributed by atoms with E-state index in [1.165, 1.54) is 0 Å². The molecule has 1 aromatic carbocycles. The Morgan fingerprint density at radius 2 is 2.06 bits per heavy atom. The number of hydrogen-bond donors (Lipinski definition) is 2. The molecule has 0 unspecified atom stereocenters. The Morgan fingerprint density at radius 1 is 1.22 bits per heavy atom. The summed E-state index contributed by atoms with van der Waals surface area (Å²) in [5.41, 5.74) is 2.10. The lowest BCUT2D eigenvalue weighted by molar-refractivity contribution is -0.119. The van der Waals surface area contributed by atoms with Crippen LogP contribution < -0.4 is 10.6 Å². The summed E-state index contributed by atoms with van der Waals surface area (Å²) in [6.07, 6.45) is 1.59. The minimum atomic E-state index is -0.0605. The molecule has 2 N–H and O–H groups in total. The minimum absolute atomic E-state index is 0.0605. The van der Waals surface area contributed by atoms with E-state index in [9.17, 15) is 4.79 Å². The Morgan fingerprint density at radius 3 is 2.78 bits per heavy atom. The van der Waals surface area contributed by atoms with Crippen molar-refractivity contribution in [1.82, 2.24) is 5.32 Å². The second kappa shape index (κ2) is 5.91. The maximum absolute atomic E-state index is 11.6. The smallest absolute Gasteiger partial charge is 0.239 e. The Labute approximate surface area is 106 Å². The van der Waals surface area contributed by atoms with Crippen molar-refractivity contribution >= 4 is 11.6 Å². The van der Waals surface area contributed by atoms with Gasteiger partial charge in [0.05, 0.1) is 19.4 Å². The number of anilines is 1. The van der Waals surface area contributed by atoms with Crippen molar-refractivity contribution in [3.63, 3.8) is 0 Å². The Kier molecular flexibility index (Phi) is 4.02. The van der Waals surface area contributed by atoms with Gasteiger partial charge < -0.3 is 15.1 Å². The molecule has 4 heteroatoms. The van der Waals surface area contributed by atoms with Crippen molar-refractivity contribution in [3.8, 4) is 0 Å². The van der Waals surface area contributed by atoms with Crippen molar-refractivity contribution in [1.29, 1.82) is 0 Å². The van der Waals surface area contributed by atoms with E-state index < -0.39 is 0 Å². The third kappa shape index (κ3) is 3.38. The van der Waals surface area contributed by atoms with E-state index in [1.807, 2.05) is 37.3 Å². The summed E-state index contributed by atoms with van der Waals surface area (Å²) in [7, 11) is 0. The van der Waals surface area contributed by atoms with E-state index in [2.05, 4.69) is 10.6 Å². The first-order valence-corrected chi connectivity index (χ1v) is 5.84. The van der Waals surface area contributed by atoms with Gasteiger partial charge in [-0.15, -0.1) is 0 Å². The van der Waals surface area contributed by atoms with Gasteiger partial charge in [0.25, 0.3) is 0 Å². The van der Waals surface area contributed by atoms with Gasteiger partial charge in [-0.2, -0.15) is 0 Å². The fourth-order valence-corrected chi connectivity index (χ4v) is 1.61. The summed E-state index contributed by atoms with van der Waals surface area (Å²) in [4.78, 5) is 11.6. The first-order chi connectivity index (χ1) is 8.75. The molecule has 0 bridgehead atoms.